The van der Waals surface area contributed by atoms with E-state index in [1.54, 1.807) is 30.9 Å². The van der Waals surface area contributed by atoms with Crippen molar-refractivity contribution in [2.45, 2.75) is 26.9 Å². The molecular formula is C19H24FN5O3. The molecule has 0 aromatic carbocycles. The van der Waals surface area contributed by atoms with Gasteiger partial charge >= 0.3 is 0 Å². The molecule has 3 heterocycles. The molecule has 0 spiro atoms. The molecule has 0 radical (unpaired) electrons. The number of halogens is 1. The van der Waals surface area contributed by atoms with Crippen molar-refractivity contribution in [3.8, 4) is 5.88 Å². The van der Waals surface area contributed by atoms with Gasteiger partial charge in [0.05, 0.1) is 17.9 Å². The molecule has 0 aliphatic carbocycles. The van der Waals surface area contributed by atoms with Crippen molar-refractivity contribution in [3.63, 3.8) is 0 Å². The molecule has 150 valence electrons. The van der Waals surface area contributed by atoms with Gasteiger partial charge in [0, 0.05) is 38.4 Å². The molecule has 1 unspecified atom stereocenters. The van der Waals surface area contributed by atoms with Gasteiger partial charge in [-0.25, -0.2) is 14.4 Å². The fourth-order valence-corrected chi connectivity index (χ4v) is 3.07. The van der Waals surface area contributed by atoms with E-state index in [9.17, 15) is 14.0 Å². The summed E-state index contributed by atoms with van der Waals surface area (Å²) >= 11 is 0. The number of rotatable bonds is 4. The summed E-state index contributed by atoms with van der Waals surface area (Å²) in [6.07, 6.45) is -0.261. The van der Waals surface area contributed by atoms with Gasteiger partial charge in [-0.3, -0.25) is 9.59 Å². The molecule has 1 atom stereocenters. The van der Waals surface area contributed by atoms with Crippen LogP contribution >= 0.6 is 0 Å². The van der Waals surface area contributed by atoms with Crippen LogP contribution in [0.25, 0.3) is 0 Å². The average molecular weight is 389 g/mol. The molecule has 1 aromatic heterocycles. The van der Waals surface area contributed by atoms with E-state index in [2.05, 4.69) is 15.0 Å². The van der Waals surface area contributed by atoms with E-state index in [0.29, 0.717) is 44.2 Å². The van der Waals surface area contributed by atoms with E-state index in [4.69, 9.17) is 4.74 Å². The van der Waals surface area contributed by atoms with Crippen molar-refractivity contribution >= 4 is 23.5 Å². The highest BCUT2D eigenvalue weighted by molar-refractivity contribution is 6.18. The maximum absolute atomic E-state index is 14.0. The number of pyridine rings is 1. The van der Waals surface area contributed by atoms with Gasteiger partial charge in [0.15, 0.2) is 0 Å². The molecule has 1 aromatic rings. The number of nitrogens with zero attached hydrogens (tertiary/aromatic N) is 5. The quantitative estimate of drug-likeness (QED) is 0.780. The number of guanidine groups is 1. The van der Waals surface area contributed by atoms with Crippen molar-refractivity contribution in [2.75, 3.05) is 32.8 Å². The number of aromatic nitrogens is 1. The van der Waals surface area contributed by atoms with Crippen molar-refractivity contribution in [2.24, 2.45) is 15.9 Å². The second-order valence-corrected chi connectivity index (χ2v) is 6.90. The Morgan fingerprint density at radius 3 is 2.54 bits per heavy atom. The van der Waals surface area contributed by atoms with E-state index in [0.717, 1.165) is 0 Å². The van der Waals surface area contributed by atoms with Crippen molar-refractivity contribution in [1.82, 2.24) is 14.8 Å². The number of carbonyl (C=O) groups excluding carboxylic acids is 2. The van der Waals surface area contributed by atoms with Crippen LogP contribution in [0.5, 0.6) is 5.88 Å². The molecule has 3 rings (SSSR count). The van der Waals surface area contributed by atoms with Gasteiger partial charge in [-0.05, 0) is 18.9 Å². The van der Waals surface area contributed by atoms with Crippen LogP contribution in [-0.2, 0) is 4.79 Å². The van der Waals surface area contributed by atoms with Gasteiger partial charge in [0.2, 0.25) is 18.0 Å². The number of carbonyl (C=O) groups is 2. The first-order valence-corrected chi connectivity index (χ1v) is 9.38. The SMILES string of the molecule is CCOc1ccc(C(=O)N2CCN(C3=NC(=O)C(F)C(C(C)C)=N3)CC2)cn1. The number of ether oxygens (including phenoxy) is 1. The van der Waals surface area contributed by atoms with Crippen molar-refractivity contribution in [1.29, 1.82) is 0 Å². The molecule has 2 aliphatic rings. The van der Waals surface area contributed by atoms with Crippen LogP contribution in [0.3, 0.4) is 0 Å². The molecule has 1 fully saturated rings. The molecule has 28 heavy (non-hydrogen) atoms. The molecule has 0 bridgehead atoms. The lowest BCUT2D eigenvalue weighted by Crippen LogP contribution is -2.51. The normalized spacial score (nSPS) is 20.2. The highest BCUT2D eigenvalue weighted by Crippen LogP contribution is 2.17. The Kier molecular flexibility index (Phi) is 6.01. The predicted molar refractivity (Wildman–Crippen MR) is 102 cm³/mol. The highest BCUT2D eigenvalue weighted by atomic mass is 19.1. The van der Waals surface area contributed by atoms with Crippen LogP contribution in [0, 0.1) is 5.92 Å². The second kappa shape index (κ2) is 8.45. The Balaban J connectivity index is 1.63. The Hall–Kier alpha value is -2.84. The topological polar surface area (TPSA) is 87.5 Å². The summed E-state index contributed by atoms with van der Waals surface area (Å²) in [6, 6.07) is 3.36. The highest BCUT2D eigenvalue weighted by Gasteiger charge is 2.33. The number of hydrogen-bond acceptors (Lipinski definition) is 6. The molecule has 0 saturated carbocycles. The summed E-state index contributed by atoms with van der Waals surface area (Å²) in [4.78, 5) is 40.2. The first-order chi connectivity index (χ1) is 13.4. The zero-order chi connectivity index (χ0) is 20.3. The monoisotopic (exact) mass is 389 g/mol. The van der Waals surface area contributed by atoms with Crippen LogP contribution in [-0.4, -0.2) is 77.2 Å². The van der Waals surface area contributed by atoms with Gasteiger partial charge in [0.25, 0.3) is 11.8 Å². The Labute approximate surface area is 163 Å². The number of aliphatic imine (C=N–C) groups is 2. The number of hydrogen-bond donors (Lipinski definition) is 0. The summed E-state index contributed by atoms with van der Waals surface area (Å²) in [5.41, 5.74) is 0.691. The summed E-state index contributed by atoms with van der Waals surface area (Å²) in [5, 5.41) is 0. The van der Waals surface area contributed by atoms with E-state index in [-0.39, 0.29) is 23.5 Å². The van der Waals surface area contributed by atoms with Crippen LogP contribution in [0.15, 0.2) is 28.3 Å². The third-order valence-electron chi connectivity index (χ3n) is 4.63. The van der Waals surface area contributed by atoms with E-state index in [1.807, 2.05) is 11.8 Å². The van der Waals surface area contributed by atoms with E-state index >= 15 is 0 Å². The first-order valence-electron chi connectivity index (χ1n) is 9.38. The fraction of sp³-hybridized carbons (Fsp3) is 0.526. The third-order valence-corrected chi connectivity index (χ3v) is 4.63. The largest absolute Gasteiger partial charge is 0.478 e. The van der Waals surface area contributed by atoms with Gasteiger partial charge in [0.1, 0.15) is 0 Å². The van der Waals surface area contributed by atoms with Gasteiger partial charge < -0.3 is 14.5 Å². The number of alkyl halides is 1. The third kappa shape index (κ3) is 4.18. The van der Waals surface area contributed by atoms with E-state index in [1.165, 1.54) is 6.20 Å². The number of amides is 2. The van der Waals surface area contributed by atoms with Crippen LogP contribution in [0.2, 0.25) is 0 Å². The lowest BCUT2D eigenvalue weighted by atomic mass is 10.0. The molecule has 9 heteroatoms. The van der Waals surface area contributed by atoms with Gasteiger partial charge in [-0.15, -0.1) is 0 Å². The lowest BCUT2D eigenvalue weighted by Gasteiger charge is -2.36. The van der Waals surface area contributed by atoms with Crippen LogP contribution < -0.4 is 4.74 Å². The molecule has 8 nitrogen and oxygen atoms in total. The molecule has 1 saturated heterocycles. The molecule has 0 N–H and O–H groups in total. The second-order valence-electron chi connectivity index (χ2n) is 6.90. The van der Waals surface area contributed by atoms with Gasteiger partial charge in [-0.1, -0.05) is 13.8 Å². The van der Waals surface area contributed by atoms with Crippen LogP contribution in [0.4, 0.5) is 4.39 Å². The maximum atomic E-state index is 14.0. The minimum Gasteiger partial charge on any atom is -0.478 e. The lowest BCUT2D eigenvalue weighted by molar-refractivity contribution is -0.120. The standard InChI is InChI=1S/C19H24FN5O3/c1-4-28-14-6-5-13(11-21-14)18(27)24-7-9-25(10-8-24)19-22-16(12(2)3)15(20)17(26)23-19/h5-6,11-12,15H,4,7-10H2,1-3H3. The predicted octanol–water partition coefficient (Wildman–Crippen LogP) is 1.57. The first kappa shape index (κ1) is 19.9. The summed E-state index contributed by atoms with van der Waals surface area (Å²) in [7, 11) is 0. The average Bonchev–Trinajstić information content (AvgIpc) is 2.70. The summed E-state index contributed by atoms with van der Waals surface area (Å²) in [5.74, 6) is -0.398. The zero-order valence-electron chi connectivity index (χ0n) is 16.3. The van der Waals surface area contributed by atoms with Crippen LogP contribution in [0.1, 0.15) is 31.1 Å². The zero-order valence-corrected chi connectivity index (χ0v) is 16.3. The summed E-state index contributed by atoms with van der Waals surface area (Å²) < 4.78 is 19.3. The Morgan fingerprint density at radius 2 is 1.96 bits per heavy atom. The Bertz CT molecular complexity index is 798. The van der Waals surface area contributed by atoms with Crippen molar-refractivity contribution in [3.05, 3.63) is 23.9 Å². The minimum atomic E-state index is -1.77. The molecular weight excluding hydrogens is 365 g/mol. The maximum Gasteiger partial charge on any atom is 0.289 e. The Morgan fingerprint density at radius 1 is 1.25 bits per heavy atom. The molecule has 2 aliphatic heterocycles. The summed E-state index contributed by atoms with van der Waals surface area (Å²) in [6.45, 7) is 7.80. The van der Waals surface area contributed by atoms with E-state index < -0.39 is 12.1 Å². The van der Waals surface area contributed by atoms with Gasteiger partial charge in [-0.2, -0.15) is 4.99 Å². The number of piperazine rings is 1. The fourth-order valence-electron chi connectivity index (χ4n) is 3.07. The molecule has 2 amide bonds. The smallest absolute Gasteiger partial charge is 0.289 e. The minimum absolute atomic E-state index is 0.118. The van der Waals surface area contributed by atoms with Crippen molar-refractivity contribution < 1.29 is 18.7 Å².